The van der Waals surface area contributed by atoms with Crippen LogP contribution in [-0.2, 0) is 4.79 Å². The molecule has 0 heterocycles. The maximum Gasteiger partial charge on any atom is 0.239 e. The number of likely N-dealkylation sites (N-methyl/N-ethyl adjacent to an activating group) is 1. The zero-order valence-corrected chi connectivity index (χ0v) is 11.3. The lowest BCUT2D eigenvalue weighted by molar-refractivity contribution is -0.133. The minimum Gasteiger partial charge on any atom is -0.341 e. The first-order valence-corrected chi connectivity index (χ1v) is 6.80. The van der Waals surface area contributed by atoms with E-state index in [1.807, 2.05) is 13.3 Å². The monoisotopic (exact) mass is 232 g/mol. The van der Waals surface area contributed by atoms with Gasteiger partial charge in [0.1, 0.15) is 0 Å². The summed E-state index contributed by atoms with van der Waals surface area (Å²) in [6.07, 6.45) is 2.80. The molecule has 0 saturated heterocycles. The van der Waals surface area contributed by atoms with Crippen LogP contribution in [0.3, 0.4) is 0 Å². The predicted octanol–water partition coefficient (Wildman–Crippen LogP) is 1.57. The van der Waals surface area contributed by atoms with Gasteiger partial charge in [-0.1, -0.05) is 13.8 Å². The second-order valence-electron chi connectivity index (χ2n) is 4.49. The summed E-state index contributed by atoms with van der Waals surface area (Å²) in [5, 5.41) is 0. The third kappa shape index (κ3) is 5.42. The van der Waals surface area contributed by atoms with Crippen molar-refractivity contribution >= 4 is 17.7 Å². The van der Waals surface area contributed by atoms with Gasteiger partial charge in [-0.3, -0.25) is 4.79 Å². The first-order chi connectivity index (χ1) is 6.90. The van der Waals surface area contributed by atoms with Crippen molar-refractivity contribution < 1.29 is 4.79 Å². The number of nitrogens with two attached hydrogens (primary N) is 1. The van der Waals surface area contributed by atoms with Crippen molar-refractivity contribution in [3.05, 3.63) is 0 Å². The first kappa shape index (κ1) is 14.8. The molecule has 0 rings (SSSR count). The quantitative estimate of drug-likeness (QED) is 0.756. The van der Waals surface area contributed by atoms with Crippen molar-refractivity contribution in [3.8, 4) is 0 Å². The van der Waals surface area contributed by atoms with E-state index in [2.05, 4.69) is 20.8 Å². The van der Waals surface area contributed by atoms with E-state index in [1.54, 1.807) is 16.7 Å². The Hall–Kier alpha value is -0.220. The molecule has 1 unspecified atom stereocenters. The van der Waals surface area contributed by atoms with Crippen LogP contribution in [0.1, 0.15) is 27.2 Å². The Bertz CT molecular complexity index is 197. The molecular weight excluding hydrogens is 208 g/mol. The molecule has 90 valence electrons. The van der Waals surface area contributed by atoms with Crippen molar-refractivity contribution in [1.82, 2.24) is 4.90 Å². The predicted molar refractivity (Wildman–Crippen MR) is 68.0 cm³/mol. The second-order valence-corrected chi connectivity index (χ2v) is 5.40. The summed E-state index contributed by atoms with van der Waals surface area (Å²) in [7, 11) is 1.84. The van der Waals surface area contributed by atoms with Gasteiger partial charge >= 0.3 is 0 Å². The molecule has 0 bridgehead atoms. The number of nitrogens with zero attached hydrogens (tertiary/aromatic N) is 1. The molecule has 0 aromatic carbocycles. The maximum atomic E-state index is 11.9. The van der Waals surface area contributed by atoms with Crippen molar-refractivity contribution in [1.29, 1.82) is 0 Å². The zero-order chi connectivity index (χ0) is 12.0. The molecule has 0 aromatic rings. The summed E-state index contributed by atoms with van der Waals surface area (Å²) in [5.74, 6) is 1.48. The molecule has 1 amide bonds. The minimum atomic E-state index is -0.348. The average molecular weight is 232 g/mol. The van der Waals surface area contributed by atoms with E-state index in [9.17, 15) is 4.79 Å². The van der Waals surface area contributed by atoms with Gasteiger partial charge in [-0.05, 0) is 25.5 Å². The number of hydrogen-bond donors (Lipinski definition) is 1. The van der Waals surface area contributed by atoms with Crippen molar-refractivity contribution in [2.75, 3.05) is 19.1 Å². The van der Waals surface area contributed by atoms with Gasteiger partial charge in [0, 0.05) is 18.8 Å². The largest absolute Gasteiger partial charge is 0.341 e. The molecule has 2 N–H and O–H groups in total. The van der Waals surface area contributed by atoms with Gasteiger partial charge in [0.2, 0.25) is 5.91 Å². The van der Waals surface area contributed by atoms with E-state index in [-0.39, 0.29) is 18.0 Å². The smallest absolute Gasteiger partial charge is 0.239 e. The lowest BCUT2D eigenvalue weighted by atomic mass is 10.0. The summed E-state index contributed by atoms with van der Waals surface area (Å²) < 4.78 is 0. The van der Waals surface area contributed by atoms with E-state index in [0.717, 1.165) is 12.2 Å². The highest BCUT2D eigenvalue weighted by molar-refractivity contribution is 7.98. The standard InChI is InChI=1S/C11H24N2OS/c1-8(2)6-10(12)11(14)13(4)9(3)7-15-5/h8-10H,6-7,12H2,1-5H3/t9?,10-/m1/s1. The summed E-state index contributed by atoms with van der Waals surface area (Å²) in [6, 6.07) is -0.0926. The topological polar surface area (TPSA) is 46.3 Å². The third-order valence-corrected chi connectivity index (χ3v) is 3.27. The highest BCUT2D eigenvalue weighted by atomic mass is 32.2. The van der Waals surface area contributed by atoms with Crippen molar-refractivity contribution in [2.45, 2.75) is 39.3 Å². The van der Waals surface area contributed by atoms with Crippen molar-refractivity contribution in [3.63, 3.8) is 0 Å². The molecule has 0 aliphatic rings. The number of rotatable bonds is 6. The van der Waals surface area contributed by atoms with Crippen LogP contribution in [0.4, 0.5) is 0 Å². The minimum absolute atomic E-state index is 0.0604. The lowest BCUT2D eigenvalue weighted by Crippen LogP contribution is -2.46. The van der Waals surface area contributed by atoms with Gasteiger partial charge in [0.25, 0.3) is 0 Å². The number of carbonyl (C=O) groups is 1. The third-order valence-electron chi connectivity index (χ3n) is 2.46. The van der Waals surface area contributed by atoms with E-state index in [1.165, 1.54) is 0 Å². The number of carbonyl (C=O) groups excluding carboxylic acids is 1. The maximum absolute atomic E-state index is 11.9. The fraction of sp³-hybridized carbons (Fsp3) is 0.909. The molecule has 0 saturated carbocycles. The number of thioether (sulfide) groups is 1. The van der Waals surface area contributed by atoms with Crippen LogP contribution in [0.2, 0.25) is 0 Å². The summed E-state index contributed by atoms with van der Waals surface area (Å²) in [4.78, 5) is 13.7. The van der Waals surface area contributed by atoms with Gasteiger partial charge in [0.05, 0.1) is 6.04 Å². The summed E-state index contributed by atoms with van der Waals surface area (Å²) >= 11 is 1.75. The fourth-order valence-corrected chi connectivity index (χ4v) is 2.15. The average Bonchev–Trinajstić information content (AvgIpc) is 2.14. The van der Waals surface area contributed by atoms with Crippen LogP contribution in [0.5, 0.6) is 0 Å². The molecule has 0 aromatic heterocycles. The molecule has 4 heteroatoms. The molecule has 0 aliphatic heterocycles. The van der Waals surface area contributed by atoms with Crippen LogP contribution in [0, 0.1) is 5.92 Å². The molecule has 3 nitrogen and oxygen atoms in total. The Labute approximate surface area is 97.8 Å². The van der Waals surface area contributed by atoms with E-state index < -0.39 is 0 Å². The molecule has 15 heavy (non-hydrogen) atoms. The molecule has 0 aliphatic carbocycles. The Kier molecular flexibility index (Phi) is 7.02. The summed E-state index contributed by atoms with van der Waals surface area (Å²) in [5.41, 5.74) is 5.86. The van der Waals surface area contributed by atoms with Crippen LogP contribution in [0.25, 0.3) is 0 Å². The SMILES string of the molecule is CSCC(C)N(C)C(=O)[C@H](N)CC(C)C. The molecule has 0 spiro atoms. The van der Waals surface area contributed by atoms with Crippen molar-refractivity contribution in [2.24, 2.45) is 11.7 Å². The zero-order valence-electron chi connectivity index (χ0n) is 10.5. The highest BCUT2D eigenvalue weighted by Gasteiger charge is 2.22. The number of amides is 1. The number of hydrogen-bond acceptors (Lipinski definition) is 3. The molecular formula is C11H24N2OS. The van der Waals surface area contributed by atoms with Crippen LogP contribution in [0.15, 0.2) is 0 Å². The van der Waals surface area contributed by atoms with Gasteiger partial charge < -0.3 is 10.6 Å². The second kappa shape index (κ2) is 7.12. The van der Waals surface area contributed by atoms with E-state index in [0.29, 0.717) is 5.92 Å². The van der Waals surface area contributed by atoms with Gasteiger partial charge in [-0.2, -0.15) is 11.8 Å². The Balaban J connectivity index is 4.17. The Morgan fingerprint density at radius 2 is 1.93 bits per heavy atom. The van der Waals surface area contributed by atoms with E-state index >= 15 is 0 Å². The Morgan fingerprint density at radius 1 is 1.40 bits per heavy atom. The van der Waals surface area contributed by atoms with Gasteiger partial charge in [0.15, 0.2) is 0 Å². The van der Waals surface area contributed by atoms with E-state index in [4.69, 9.17) is 5.73 Å². The van der Waals surface area contributed by atoms with Gasteiger partial charge in [-0.15, -0.1) is 0 Å². The van der Waals surface area contributed by atoms with Crippen LogP contribution >= 0.6 is 11.8 Å². The first-order valence-electron chi connectivity index (χ1n) is 5.41. The van der Waals surface area contributed by atoms with Crippen LogP contribution < -0.4 is 5.73 Å². The van der Waals surface area contributed by atoms with Gasteiger partial charge in [-0.25, -0.2) is 0 Å². The fourth-order valence-electron chi connectivity index (χ4n) is 1.44. The molecule has 2 atom stereocenters. The summed E-state index contributed by atoms with van der Waals surface area (Å²) in [6.45, 7) is 6.22. The lowest BCUT2D eigenvalue weighted by Gasteiger charge is -2.27. The molecule has 0 fully saturated rings. The highest BCUT2D eigenvalue weighted by Crippen LogP contribution is 2.09. The Morgan fingerprint density at radius 3 is 2.33 bits per heavy atom. The van der Waals surface area contributed by atoms with Crippen LogP contribution in [-0.4, -0.2) is 41.9 Å². The molecule has 0 radical (unpaired) electrons. The normalized spacial score (nSPS) is 15.1.